The van der Waals surface area contributed by atoms with E-state index >= 15 is 0 Å². The van der Waals surface area contributed by atoms with Gasteiger partial charge < -0.3 is 14.6 Å². The standard InChI is InChI=1S/C26H24N2O5/c1-4-33-20-7-5-6-19(15-20)28-23(17-10-12-27-13-11-17)22(25(30)26(28)31)24(29)18-8-9-21(32-3)16(2)14-18/h5-15,23,29H,4H2,1-3H3/b24-22+. The summed E-state index contributed by atoms with van der Waals surface area (Å²) in [6.07, 6.45) is 3.17. The number of rotatable bonds is 6. The maximum atomic E-state index is 13.2. The summed E-state index contributed by atoms with van der Waals surface area (Å²) in [5.41, 5.74) is 2.37. The first-order valence-electron chi connectivity index (χ1n) is 10.5. The number of ketones is 1. The van der Waals surface area contributed by atoms with Crippen molar-refractivity contribution < 1.29 is 24.2 Å². The lowest BCUT2D eigenvalue weighted by atomic mass is 9.95. The number of ether oxygens (including phenoxy) is 2. The van der Waals surface area contributed by atoms with Gasteiger partial charge in [-0.25, -0.2) is 0 Å². The molecule has 7 nitrogen and oxygen atoms in total. The summed E-state index contributed by atoms with van der Waals surface area (Å²) in [4.78, 5) is 31.9. The molecular formula is C26H24N2O5. The van der Waals surface area contributed by atoms with Gasteiger partial charge in [0.2, 0.25) is 0 Å². The van der Waals surface area contributed by atoms with E-state index in [1.807, 2.05) is 13.8 Å². The number of aliphatic hydroxyl groups is 1. The number of anilines is 1. The van der Waals surface area contributed by atoms with Gasteiger partial charge in [0.15, 0.2) is 0 Å². The van der Waals surface area contributed by atoms with Gasteiger partial charge in [-0.3, -0.25) is 19.5 Å². The normalized spacial score (nSPS) is 17.3. The second-order valence-electron chi connectivity index (χ2n) is 7.56. The maximum Gasteiger partial charge on any atom is 0.300 e. The molecule has 33 heavy (non-hydrogen) atoms. The Balaban J connectivity index is 1.91. The van der Waals surface area contributed by atoms with Crippen LogP contribution >= 0.6 is 0 Å². The number of carbonyl (C=O) groups excluding carboxylic acids is 2. The average molecular weight is 444 g/mol. The highest BCUT2D eigenvalue weighted by Gasteiger charge is 2.47. The molecule has 2 heterocycles. The highest BCUT2D eigenvalue weighted by Crippen LogP contribution is 2.42. The minimum absolute atomic E-state index is 0.0116. The Labute approximate surface area is 191 Å². The van der Waals surface area contributed by atoms with Crippen molar-refractivity contribution in [3.63, 3.8) is 0 Å². The smallest absolute Gasteiger partial charge is 0.300 e. The third-order valence-corrected chi connectivity index (χ3v) is 5.54. The first-order valence-corrected chi connectivity index (χ1v) is 10.5. The first kappa shape index (κ1) is 22.1. The van der Waals surface area contributed by atoms with Crippen molar-refractivity contribution in [2.24, 2.45) is 0 Å². The Bertz CT molecular complexity index is 1240. The quantitative estimate of drug-likeness (QED) is 0.344. The van der Waals surface area contributed by atoms with Crippen LogP contribution in [0.5, 0.6) is 11.5 Å². The summed E-state index contributed by atoms with van der Waals surface area (Å²) in [5.74, 6) is -0.493. The minimum atomic E-state index is -0.827. The van der Waals surface area contributed by atoms with Crippen LogP contribution in [0.4, 0.5) is 5.69 Å². The van der Waals surface area contributed by atoms with E-state index in [-0.39, 0.29) is 11.3 Å². The van der Waals surface area contributed by atoms with Gasteiger partial charge in [-0.1, -0.05) is 6.07 Å². The summed E-state index contributed by atoms with van der Waals surface area (Å²) in [6, 6.07) is 14.7. The summed E-state index contributed by atoms with van der Waals surface area (Å²) in [6.45, 7) is 4.17. The number of pyridine rings is 1. The molecule has 0 radical (unpaired) electrons. The Morgan fingerprint density at radius 3 is 2.52 bits per heavy atom. The van der Waals surface area contributed by atoms with Crippen LogP contribution in [0.25, 0.3) is 5.76 Å². The van der Waals surface area contributed by atoms with E-state index in [2.05, 4.69) is 4.98 Å². The van der Waals surface area contributed by atoms with Gasteiger partial charge in [0, 0.05) is 29.7 Å². The van der Waals surface area contributed by atoms with E-state index in [1.54, 1.807) is 74.1 Å². The number of aliphatic hydroxyl groups excluding tert-OH is 1. The fraction of sp³-hybridized carbons (Fsp3) is 0.192. The van der Waals surface area contributed by atoms with Gasteiger partial charge in [0.05, 0.1) is 25.3 Å². The van der Waals surface area contributed by atoms with E-state index in [0.29, 0.717) is 34.9 Å². The van der Waals surface area contributed by atoms with Crippen LogP contribution in [0.2, 0.25) is 0 Å². The number of nitrogens with zero attached hydrogens (tertiary/aromatic N) is 2. The van der Waals surface area contributed by atoms with Crippen molar-refractivity contribution in [2.75, 3.05) is 18.6 Å². The molecule has 1 aliphatic rings. The van der Waals surface area contributed by atoms with Crippen molar-refractivity contribution in [1.29, 1.82) is 0 Å². The van der Waals surface area contributed by atoms with Crippen LogP contribution in [-0.2, 0) is 9.59 Å². The third-order valence-electron chi connectivity index (χ3n) is 5.54. The lowest BCUT2D eigenvalue weighted by Crippen LogP contribution is -2.29. The Kier molecular flexibility index (Phi) is 6.13. The number of aryl methyl sites for hydroxylation is 1. The van der Waals surface area contributed by atoms with Gasteiger partial charge in [-0.2, -0.15) is 0 Å². The van der Waals surface area contributed by atoms with Crippen LogP contribution < -0.4 is 14.4 Å². The molecule has 1 amide bonds. The van der Waals surface area contributed by atoms with Crippen LogP contribution in [0.15, 0.2) is 72.6 Å². The van der Waals surface area contributed by atoms with E-state index in [1.165, 1.54) is 4.90 Å². The SMILES string of the molecule is CCOc1cccc(N2C(=O)C(=O)/C(=C(/O)c3ccc(OC)c(C)c3)C2c2ccncc2)c1. The Hall–Kier alpha value is -4.13. The number of Topliss-reactive ketones (excluding diaryl/α,β-unsaturated/α-hetero) is 1. The van der Waals surface area contributed by atoms with Crippen LogP contribution in [-0.4, -0.2) is 35.5 Å². The number of hydrogen-bond acceptors (Lipinski definition) is 6. The van der Waals surface area contributed by atoms with Crippen molar-refractivity contribution in [3.05, 3.63) is 89.3 Å². The number of aromatic nitrogens is 1. The molecule has 1 aromatic heterocycles. The minimum Gasteiger partial charge on any atom is -0.507 e. The highest BCUT2D eigenvalue weighted by molar-refractivity contribution is 6.51. The zero-order valence-corrected chi connectivity index (χ0v) is 18.6. The zero-order valence-electron chi connectivity index (χ0n) is 18.6. The molecule has 168 valence electrons. The second kappa shape index (κ2) is 9.16. The van der Waals surface area contributed by atoms with Crippen LogP contribution in [0, 0.1) is 6.92 Å². The first-order chi connectivity index (χ1) is 16.0. The number of carbonyl (C=O) groups is 2. The van der Waals surface area contributed by atoms with Crippen molar-refractivity contribution >= 4 is 23.1 Å². The molecule has 4 rings (SSSR count). The highest BCUT2D eigenvalue weighted by atomic mass is 16.5. The predicted molar refractivity (Wildman–Crippen MR) is 124 cm³/mol. The molecule has 2 aromatic carbocycles. The van der Waals surface area contributed by atoms with Crippen LogP contribution in [0.3, 0.4) is 0 Å². The van der Waals surface area contributed by atoms with Crippen molar-refractivity contribution in [2.45, 2.75) is 19.9 Å². The molecule has 1 N–H and O–H groups in total. The monoisotopic (exact) mass is 444 g/mol. The number of methoxy groups -OCH3 is 1. The fourth-order valence-electron chi connectivity index (χ4n) is 4.03. The van der Waals surface area contributed by atoms with Crippen LogP contribution in [0.1, 0.15) is 29.7 Å². The van der Waals surface area contributed by atoms with Gasteiger partial charge in [-0.15, -0.1) is 0 Å². The zero-order chi connectivity index (χ0) is 23.5. The third kappa shape index (κ3) is 4.05. The average Bonchev–Trinajstić information content (AvgIpc) is 3.10. The second-order valence-corrected chi connectivity index (χ2v) is 7.56. The molecule has 0 bridgehead atoms. The largest absolute Gasteiger partial charge is 0.507 e. The summed E-state index contributed by atoms with van der Waals surface area (Å²) in [7, 11) is 1.56. The van der Waals surface area contributed by atoms with Gasteiger partial charge in [-0.05, 0) is 67.4 Å². The van der Waals surface area contributed by atoms with Crippen molar-refractivity contribution in [3.8, 4) is 11.5 Å². The van der Waals surface area contributed by atoms with Crippen molar-refractivity contribution in [1.82, 2.24) is 4.98 Å². The fourth-order valence-corrected chi connectivity index (χ4v) is 4.03. The molecule has 7 heteroatoms. The topological polar surface area (TPSA) is 89.0 Å². The summed E-state index contributed by atoms with van der Waals surface area (Å²) in [5, 5.41) is 11.2. The number of hydrogen-bond donors (Lipinski definition) is 1. The lowest BCUT2D eigenvalue weighted by Gasteiger charge is -2.25. The molecule has 1 aliphatic heterocycles. The predicted octanol–water partition coefficient (Wildman–Crippen LogP) is 4.42. The van der Waals surface area contributed by atoms with E-state index in [9.17, 15) is 14.7 Å². The summed E-state index contributed by atoms with van der Waals surface area (Å²) < 4.78 is 10.9. The lowest BCUT2D eigenvalue weighted by molar-refractivity contribution is -0.132. The Morgan fingerprint density at radius 2 is 1.85 bits per heavy atom. The van der Waals surface area contributed by atoms with Gasteiger partial charge in [0.1, 0.15) is 17.3 Å². The van der Waals surface area contributed by atoms with E-state index in [4.69, 9.17) is 9.47 Å². The van der Waals surface area contributed by atoms with E-state index in [0.717, 1.165) is 5.56 Å². The number of benzene rings is 2. The summed E-state index contributed by atoms with van der Waals surface area (Å²) >= 11 is 0. The van der Waals surface area contributed by atoms with E-state index < -0.39 is 17.7 Å². The molecule has 1 saturated heterocycles. The number of amides is 1. The maximum absolute atomic E-state index is 13.2. The molecular weight excluding hydrogens is 420 g/mol. The molecule has 1 fully saturated rings. The molecule has 1 atom stereocenters. The molecule has 3 aromatic rings. The molecule has 0 saturated carbocycles. The molecule has 0 spiro atoms. The molecule has 0 aliphatic carbocycles. The molecule has 1 unspecified atom stereocenters. The Morgan fingerprint density at radius 1 is 1.09 bits per heavy atom. The van der Waals surface area contributed by atoms with Gasteiger partial charge >= 0.3 is 0 Å². The van der Waals surface area contributed by atoms with Gasteiger partial charge in [0.25, 0.3) is 11.7 Å².